The van der Waals surface area contributed by atoms with Crippen LogP contribution in [0.4, 0.5) is 11.6 Å². The first-order valence-electron chi connectivity index (χ1n) is 5.97. The molecule has 0 radical (unpaired) electrons. The van der Waals surface area contributed by atoms with Gasteiger partial charge < -0.3 is 10.6 Å². The highest BCUT2D eigenvalue weighted by Gasteiger charge is 2.12. The van der Waals surface area contributed by atoms with E-state index in [1.54, 1.807) is 11.3 Å². The second-order valence-corrected chi connectivity index (χ2v) is 5.09. The molecule has 0 aliphatic carbocycles. The quantitative estimate of drug-likeness (QED) is 0.920. The number of nitrogens with two attached hydrogens (primary N) is 1. The van der Waals surface area contributed by atoms with Crippen molar-refractivity contribution >= 4 is 23.0 Å². The van der Waals surface area contributed by atoms with Crippen molar-refractivity contribution < 1.29 is 0 Å². The standard InChI is InChI=1S/C13H18N4S/c1-4-11-15-12(14)9(2)13(16-11)17(3)7-10-5-6-18-8-10/h5-6,8H,4,7H2,1-3H3,(H2,14,15,16). The second kappa shape index (κ2) is 5.35. The Kier molecular flexibility index (Phi) is 3.81. The van der Waals surface area contributed by atoms with Gasteiger partial charge >= 0.3 is 0 Å². The van der Waals surface area contributed by atoms with Gasteiger partial charge in [0, 0.05) is 25.6 Å². The van der Waals surface area contributed by atoms with Gasteiger partial charge in [0.1, 0.15) is 17.5 Å². The summed E-state index contributed by atoms with van der Waals surface area (Å²) in [6, 6.07) is 2.13. The van der Waals surface area contributed by atoms with Gasteiger partial charge in [-0.2, -0.15) is 11.3 Å². The average Bonchev–Trinajstić information content (AvgIpc) is 2.85. The fourth-order valence-corrected chi connectivity index (χ4v) is 2.49. The number of hydrogen-bond acceptors (Lipinski definition) is 5. The van der Waals surface area contributed by atoms with Crippen LogP contribution in [0.5, 0.6) is 0 Å². The lowest BCUT2D eigenvalue weighted by atomic mass is 10.2. The molecule has 0 aliphatic rings. The van der Waals surface area contributed by atoms with Gasteiger partial charge in [-0.15, -0.1) is 0 Å². The van der Waals surface area contributed by atoms with Crippen molar-refractivity contribution in [1.82, 2.24) is 9.97 Å². The Morgan fingerprint density at radius 2 is 2.17 bits per heavy atom. The van der Waals surface area contributed by atoms with E-state index in [9.17, 15) is 0 Å². The third kappa shape index (κ3) is 2.61. The summed E-state index contributed by atoms with van der Waals surface area (Å²) in [5.74, 6) is 2.30. The predicted octanol–water partition coefficient (Wildman–Crippen LogP) is 2.63. The molecule has 0 aromatic carbocycles. The fourth-order valence-electron chi connectivity index (χ4n) is 1.83. The fraction of sp³-hybridized carbons (Fsp3) is 0.385. The molecule has 18 heavy (non-hydrogen) atoms. The van der Waals surface area contributed by atoms with Crippen molar-refractivity contribution in [1.29, 1.82) is 0 Å². The number of nitrogen functional groups attached to an aromatic ring is 1. The van der Waals surface area contributed by atoms with Crippen molar-refractivity contribution in [2.45, 2.75) is 26.8 Å². The van der Waals surface area contributed by atoms with Crippen LogP contribution in [0.3, 0.4) is 0 Å². The number of rotatable bonds is 4. The van der Waals surface area contributed by atoms with Gasteiger partial charge in [-0.05, 0) is 29.3 Å². The normalized spacial score (nSPS) is 10.6. The number of anilines is 2. The van der Waals surface area contributed by atoms with E-state index >= 15 is 0 Å². The summed E-state index contributed by atoms with van der Waals surface area (Å²) < 4.78 is 0. The van der Waals surface area contributed by atoms with E-state index in [1.165, 1.54) is 5.56 Å². The first-order valence-corrected chi connectivity index (χ1v) is 6.91. The average molecular weight is 262 g/mol. The van der Waals surface area contributed by atoms with E-state index in [4.69, 9.17) is 5.73 Å². The SMILES string of the molecule is CCc1nc(N)c(C)c(N(C)Cc2ccsc2)n1. The molecule has 0 amide bonds. The number of aryl methyl sites for hydroxylation is 1. The summed E-state index contributed by atoms with van der Waals surface area (Å²) in [4.78, 5) is 11.0. The van der Waals surface area contributed by atoms with E-state index < -0.39 is 0 Å². The van der Waals surface area contributed by atoms with Crippen LogP contribution in [-0.4, -0.2) is 17.0 Å². The molecule has 96 valence electrons. The largest absolute Gasteiger partial charge is 0.383 e. The molecule has 4 nitrogen and oxygen atoms in total. The molecule has 0 atom stereocenters. The monoisotopic (exact) mass is 262 g/mol. The minimum absolute atomic E-state index is 0.578. The number of nitrogens with zero attached hydrogens (tertiary/aromatic N) is 3. The molecule has 2 aromatic rings. The van der Waals surface area contributed by atoms with E-state index in [0.29, 0.717) is 5.82 Å². The molecule has 2 N–H and O–H groups in total. The minimum Gasteiger partial charge on any atom is -0.383 e. The Balaban J connectivity index is 2.29. The molecule has 0 bridgehead atoms. The maximum Gasteiger partial charge on any atom is 0.137 e. The van der Waals surface area contributed by atoms with Crippen LogP contribution >= 0.6 is 11.3 Å². The van der Waals surface area contributed by atoms with Crippen molar-refractivity contribution in [3.63, 3.8) is 0 Å². The first-order chi connectivity index (χ1) is 8.61. The molecule has 0 saturated heterocycles. The summed E-state index contributed by atoms with van der Waals surface area (Å²) in [5.41, 5.74) is 8.17. The smallest absolute Gasteiger partial charge is 0.137 e. The maximum atomic E-state index is 5.93. The van der Waals surface area contributed by atoms with Crippen LogP contribution in [0, 0.1) is 6.92 Å². The summed E-state index contributed by atoms with van der Waals surface area (Å²) in [6.45, 7) is 4.84. The van der Waals surface area contributed by atoms with Crippen molar-refractivity contribution in [2.75, 3.05) is 17.7 Å². The Bertz CT molecular complexity index is 522. The van der Waals surface area contributed by atoms with Gasteiger partial charge in [0.15, 0.2) is 0 Å². The van der Waals surface area contributed by atoms with E-state index in [1.807, 2.05) is 20.9 Å². The molecule has 2 aromatic heterocycles. The van der Waals surface area contributed by atoms with Gasteiger partial charge in [0.25, 0.3) is 0 Å². The van der Waals surface area contributed by atoms with E-state index in [2.05, 4.69) is 31.7 Å². The molecular formula is C13H18N4S. The lowest BCUT2D eigenvalue weighted by Gasteiger charge is -2.21. The molecule has 5 heteroatoms. The third-order valence-electron chi connectivity index (χ3n) is 2.88. The van der Waals surface area contributed by atoms with E-state index in [-0.39, 0.29) is 0 Å². The summed E-state index contributed by atoms with van der Waals surface area (Å²) in [6.07, 6.45) is 0.795. The highest BCUT2D eigenvalue weighted by Crippen LogP contribution is 2.22. The Labute approximate surface area is 111 Å². The zero-order chi connectivity index (χ0) is 13.1. The minimum atomic E-state index is 0.578. The van der Waals surface area contributed by atoms with Crippen LogP contribution in [0.15, 0.2) is 16.8 Å². The number of thiophene rings is 1. The highest BCUT2D eigenvalue weighted by atomic mass is 32.1. The van der Waals surface area contributed by atoms with Gasteiger partial charge in [0.05, 0.1) is 0 Å². The van der Waals surface area contributed by atoms with Crippen LogP contribution in [0.2, 0.25) is 0 Å². The van der Waals surface area contributed by atoms with Crippen LogP contribution in [0.1, 0.15) is 23.9 Å². The summed E-state index contributed by atoms with van der Waals surface area (Å²) in [7, 11) is 2.03. The Hall–Kier alpha value is -1.62. The molecule has 0 fully saturated rings. The zero-order valence-electron chi connectivity index (χ0n) is 11.0. The Morgan fingerprint density at radius 3 is 2.78 bits per heavy atom. The third-order valence-corrected chi connectivity index (χ3v) is 3.61. The van der Waals surface area contributed by atoms with Gasteiger partial charge in [-0.25, -0.2) is 9.97 Å². The molecule has 0 aliphatic heterocycles. The van der Waals surface area contributed by atoms with Gasteiger partial charge in [-0.3, -0.25) is 0 Å². The van der Waals surface area contributed by atoms with Crippen LogP contribution in [0.25, 0.3) is 0 Å². The van der Waals surface area contributed by atoms with Gasteiger partial charge in [-0.1, -0.05) is 6.92 Å². The van der Waals surface area contributed by atoms with Crippen LogP contribution in [-0.2, 0) is 13.0 Å². The highest BCUT2D eigenvalue weighted by molar-refractivity contribution is 7.07. The van der Waals surface area contributed by atoms with Crippen LogP contribution < -0.4 is 10.6 Å². The van der Waals surface area contributed by atoms with Gasteiger partial charge in [0.2, 0.25) is 0 Å². The van der Waals surface area contributed by atoms with E-state index in [0.717, 1.165) is 30.2 Å². The molecular weight excluding hydrogens is 244 g/mol. The molecule has 0 spiro atoms. The molecule has 0 saturated carbocycles. The molecule has 2 rings (SSSR count). The maximum absolute atomic E-state index is 5.93. The number of hydrogen-bond donors (Lipinski definition) is 1. The first kappa shape index (κ1) is 12.8. The lowest BCUT2D eigenvalue weighted by Crippen LogP contribution is -2.20. The van der Waals surface area contributed by atoms with Crippen molar-refractivity contribution in [2.24, 2.45) is 0 Å². The zero-order valence-corrected chi connectivity index (χ0v) is 11.8. The molecule has 2 heterocycles. The van der Waals surface area contributed by atoms with Crippen molar-refractivity contribution in [3.05, 3.63) is 33.8 Å². The summed E-state index contributed by atoms with van der Waals surface area (Å²) >= 11 is 1.71. The number of aromatic nitrogens is 2. The molecule has 0 unspecified atom stereocenters. The lowest BCUT2D eigenvalue weighted by molar-refractivity contribution is 0.854. The second-order valence-electron chi connectivity index (χ2n) is 4.31. The topological polar surface area (TPSA) is 55.0 Å². The van der Waals surface area contributed by atoms with Crippen molar-refractivity contribution in [3.8, 4) is 0 Å². The predicted molar refractivity (Wildman–Crippen MR) is 77.0 cm³/mol. The Morgan fingerprint density at radius 1 is 1.39 bits per heavy atom. The summed E-state index contributed by atoms with van der Waals surface area (Å²) in [5, 5.41) is 4.24.